The van der Waals surface area contributed by atoms with Crippen LogP contribution in [0.15, 0.2) is 0 Å². The van der Waals surface area contributed by atoms with Crippen molar-refractivity contribution in [2.24, 2.45) is 0 Å². The summed E-state index contributed by atoms with van der Waals surface area (Å²) in [6, 6.07) is -0.121. The molecule has 0 spiro atoms. The quantitative estimate of drug-likeness (QED) is 0.423. The SMILES string of the molecule is CNC(=O)OCCC[Si](C)(F)F. The Hall–Kier alpha value is -0.653. The standard InChI is InChI=1S/C6H13F2NO2Si/c1-9-6(10)11-4-3-5-12(2,7)8/h3-5H2,1-2H3,(H,9,10). The third-order valence-electron chi connectivity index (χ3n) is 1.20. The second kappa shape index (κ2) is 5.07. The van der Waals surface area contributed by atoms with Crippen LogP contribution in [0.3, 0.4) is 0 Å². The second-order valence-electron chi connectivity index (χ2n) is 2.56. The molecule has 0 heterocycles. The monoisotopic (exact) mass is 197 g/mol. The van der Waals surface area contributed by atoms with Crippen molar-refractivity contribution in [2.45, 2.75) is 19.0 Å². The highest BCUT2D eigenvalue weighted by atomic mass is 28.4. The number of halogens is 2. The van der Waals surface area contributed by atoms with Gasteiger partial charge in [-0.15, -0.1) is 0 Å². The maximum atomic E-state index is 12.3. The number of alkyl carbamates (subject to hydrolysis) is 1. The summed E-state index contributed by atoms with van der Waals surface area (Å²) >= 11 is 0. The molecule has 0 aromatic rings. The van der Waals surface area contributed by atoms with Crippen LogP contribution in [0.4, 0.5) is 13.0 Å². The Bertz CT molecular complexity index is 149. The van der Waals surface area contributed by atoms with Gasteiger partial charge in [0.05, 0.1) is 6.61 Å². The fraction of sp³-hybridized carbons (Fsp3) is 0.833. The maximum Gasteiger partial charge on any atom is 0.422 e. The molecular formula is C6H13F2NO2Si. The number of nitrogens with one attached hydrogen (secondary N) is 1. The van der Waals surface area contributed by atoms with Crippen LogP contribution in [0, 0.1) is 0 Å². The summed E-state index contributed by atoms with van der Waals surface area (Å²) in [5, 5.41) is 2.23. The molecular weight excluding hydrogens is 184 g/mol. The van der Waals surface area contributed by atoms with Crippen molar-refractivity contribution in [1.29, 1.82) is 0 Å². The molecule has 0 fully saturated rings. The number of carbonyl (C=O) groups is 1. The van der Waals surface area contributed by atoms with Gasteiger partial charge in [-0.25, -0.2) is 4.79 Å². The Morgan fingerprint density at radius 3 is 2.58 bits per heavy atom. The van der Waals surface area contributed by atoms with Crippen LogP contribution in [-0.2, 0) is 4.74 Å². The molecule has 1 N–H and O–H groups in total. The molecule has 0 aliphatic heterocycles. The van der Waals surface area contributed by atoms with E-state index in [2.05, 4.69) is 10.1 Å². The zero-order valence-corrected chi connectivity index (χ0v) is 8.19. The van der Waals surface area contributed by atoms with Gasteiger partial charge in [-0.05, 0) is 13.0 Å². The summed E-state index contributed by atoms with van der Waals surface area (Å²) in [6.07, 6.45) is -0.334. The van der Waals surface area contributed by atoms with Crippen molar-refractivity contribution in [3.05, 3.63) is 0 Å². The van der Waals surface area contributed by atoms with Crippen molar-refractivity contribution in [1.82, 2.24) is 5.32 Å². The number of ether oxygens (including phenoxy) is 1. The molecule has 6 heteroatoms. The molecule has 0 bridgehead atoms. The molecule has 0 aromatic carbocycles. The van der Waals surface area contributed by atoms with Gasteiger partial charge in [-0.1, -0.05) is 0 Å². The molecule has 0 aromatic heterocycles. The van der Waals surface area contributed by atoms with Gasteiger partial charge in [0.1, 0.15) is 0 Å². The molecule has 0 saturated carbocycles. The Morgan fingerprint density at radius 2 is 2.17 bits per heavy atom. The minimum atomic E-state index is -3.95. The molecule has 12 heavy (non-hydrogen) atoms. The van der Waals surface area contributed by atoms with Crippen LogP contribution in [-0.4, -0.2) is 28.5 Å². The van der Waals surface area contributed by atoms with E-state index in [0.717, 1.165) is 6.55 Å². The molecule has 72 valence electrons. The third kappa shape index (κ3) is 7.45. The zero-order chi connectivity index (χ0) is 9.61. The fourth-order valence-corrected chi connectivity index (χ4v) is 1.38. The Labute approximate surface area is 71.4 Å². The number of rotatable bonds is 4. The number of hydrogen-bond acceptors (Lipinski definition) is 2. The average Bonchev–Trinajstić information content (AvgIpc) is 1.96. The summed E-state index contributed by atoms with van der Waals surface area (Å²) in [7, 11) is -2.53. The van der Waals surface area contributed by atoms with Crippen LogP contribution in [0.5, 0.6) is 0 Å². The second-order valence-corrected chi connectivity index (χ2v) is 5.20. The summed E-state index contributed by atoms with van der Waals surface area (Å²) in [5.74, 6) is 0. The zero-order valence-electron chi connectivity index (χ0n) is 7.19. The molecule has 3 nitrogen and oxygen atoms in total. The number of amides is 1. The number of hydrogen-bond donors (Lipinski definition) is 1. The molecule has 1 amide bonds. The molecule has 0 saturated heterocycles. The smallest absolute Gasteiger partial charge is 0.422 e. The van der Waals surface area contributed by atoms with Crippen molar-refractivity contribution in [3.63, 3.8) is 0 Å². The average molecular weight is 197 g/mol. The van der Waals surface area contributed by atoms with E-state index in [1.54, 1.807) is 0 Å². The molecule has 0 rings (SSSR count). The molecule has 0 aliphatic rings. The van der Waals surface area contributed by atoms with E-state index in [1.165, 1.54) is 7.05 Å². The van der Waals surface area contributed by atoms with Crippen LogP contribution in [0.1, 0.15) is 6.42 Å². The Balaban J connectivity index is 3.28. The minimum absolute atomic E-state index is 0.0656. The first kappa shape index (κ1) is 11.3. The molecule has 0 aliphatic carbocycles. The number of carbonyl (C=O) groups excluding carboxylic acids is 1. The Kier molecular flexibility index (Phi) is 4.80. The van der Waals surface area contributed by atoms with E-state index in [1.807, 2.05) is 0 Å². The minimum Gasteiger partial charge on any atom is -0.450 e. The first-order valence-corrected chi connectivity index (χ1v) is 6.14. The van der Waals surface area contributed by atoms with Gasteiger partial charge in [0.15, 0.2) is 0 Å². The third-order valence-corrected chi connectivity index (χ3v) is 2.43. The van der Waals surface area contributed by atoms with E-state index in [0.29, 0.717) is 0 Å². The van der Waals surface area contributed by atoms with Crippen molar-refractivity contribution in [2.75, 3.05) is 13.7 Å². The lowest BCUT2D eigenvalue weighted by molar-refractivity contribution is 0.148. The largest absolute Gasteiger partial charge is 0.450 e. The van der Waals surface area contributed by atoms with Gasteiger partial charge < -0.3 is 10.1 Å². The van der Waals surface area contributed by atoms with Crippen molar-refractivity contribution < 1.29 is 17.7 Å². The first-order chi connectivity index (χ1) is 5.45. The maximum absolute atomic E-state index is 12.3. The van der Waals surface area contributed by atoms with Gasteiger partial charge in [0, 0.05) is 13.1 Å². The van der Waals surface area contributed by atoms with E-state index < -0.39 is 14.8 Å². The Morgan fingerprint density at radius 1 is 1.58 bits per heavy atom. The van der Waals surface area contributed by atoms with Crippen molar-refractivity contribution >= 4 is 14.8 Å². The topological polar surface area (TPSA) is 38.3 Å². The molecule has 0 radical (unpaired) electrons. The first-order valence-electron chi connectivity index (χ1n) is 3.68. The molecule has 0 unspecified atom stereocenters. The normalized spacial score (nSPS) is 11.0. The predicted molar refractivity (Wildman–Crippen MR) is 43.7 cm³/mol. The lowest BCUT2D eigenvalue weighted by Crippen LogP contribution is -2.21. The van der Waals surface area contributed by atoms with Crippen molar-refractivity contribution in [3.8, 4) is 0 Å². The lowest BCUT2D eigenvalue weighted by atomic mass is 10.5. The molecule has 0 atom stereocenters. The highest BCUT2D eigenvalue weighted by molar-refractivity contribution is 6.64. The summed E-state index contributed by atoms with van der Waals surface area (Å²) in [5.41, 5.74) is 0. The van der Waals surface area contributed by atoms with E-state index in [4.69, 9.17) is 0 Å². The van der Waals surface area contributed by atoms with E-state index in [9.17, 15) is 13.0 Å². The summed E-state index contributed by atoms with van der Waals surface area (Å²) < 4.78 is 29.1. The fourth-order valence-electron chi connectivity index (χ4n) is 0.620. The van der Waals surface area contributed by atoms with Gasteiger partial charge >= 0.3 is 14.8 Å². The van der Waals surface area contributed by atoms with Gasteiger partial charge in [-0.2, -0.15) is 0 Å². The predicted octanol–water partition coefficient (Wildman–Crippen LogP) is 1.74. The van der Waals surface area contributed by atoms with Gasteiger partial charge in [0.2, 0.25) is 0 Å². The van der Waals surface area contributed by atoms with Crippen LogP contribution in [0.25, 0.3) is 0 Å². The van der Waals surface area contributed by atoms with Crippen LogP contribution < -0.4 is 5.32 Å². The van der Waals surface area contributed by atoms with E-state index >= 15 is 0 Å². The van der Waals surface area contributed by atoms with Crippen LogP contribution in [0.2, 0.25) is 12.6 Å². The van der Waals surface area contributed by atoms with E-state index in [-0.39, 0.29) is 19.1 Å². The summed E-state index contributed by atoms with van der Waals surface area (Å²) in [4.78, 5) is 10.4. The highest BCUT2D eigenvalue weighted by Gasteiger charge is 2.26. The summed E-state index contributed by atoms with van der Waals surface area (Å²) in [6.45, 7) is 1.04. The lowest BCUT2D eigenvalue weighted by Gasteiger charge is -2.06. The van der Waals surface area contributed by atoms with Crippen LogP contribution >= 0.6 is 0 Å². The highest BCUT2D eigenvalue weighted by Crippen LogP contribution is 2.14. The van der Waals surface area contributed by atoms with Gasteiger partial charge in [0.25, 0.3) is 0 Å². The van der Waals surface area contributed by atoms with Gasteiger partial charge in [-0.3, -0.25) is 8.22 Å².